The van der Waals surface area contributed by atoms with E-state index >= 15 is 0 Å². The molecule has 0 spiro atoms. The predicted octanol–water partition coefficient (Wildman–Crippen LogP) is 0.307. The minimum absolute atomic E-state index is 0.214. The molecule has 0 saturated carbocycles. The van der Waals surface area contributed by atoms with Crippen molar-refractivity contribution in [3.8, 4) is 0 Å². The van der Waals surface area contributed by atoms with Crippen LogP contribution in [0.2, 0.25) is 0 Å². The molecular formula is C17H26FN3O3. The van der Waals surface area contributed by atoms with Crippen molar-refractivity contribution in [1.82, 2.24) is 9.80 Å². The third kappa shape index (κ3) is 4.73. The molecule has 1 aromatic rings. The first kappa shape index (κ1) is 18.8. The zero-order valence-corrected chi connectivity index (χ0v) is 14.0. The van der Waals surface area contributed by atoms with E-state index in [1.807, 2.05) is 24.3 Å². The summed E-state index contributed by atoms with van der Waals surface area (Å²) < 4.78 is 18.0. The Morgan fingerprint density at radius 2 is 1.92 bits per heavy atom. The summed E-state index contributed by atoms with van der Waals surface area (Å²) in [6, 6.07) is 7.17. The molecule has 0 aliphatic carbocycles. The summed E-state index contributed by atoms with van der Waals surface area (Å²) in [5, 5.41) is 8.89. The number of carbonyl (C=O) groups excluding carboxylic acids is 1. The van der Waals surface area contributed by atoms with Gasteiger partial charge in [0.25, 0.3) is 0 Å². The van der Waals surface area contributed by atoms with Gasteiger partial charge in [-0.3, -0.25) is 9.69 Å². The van der Waals surface area contributed by atoms with Crippen LogP contribution in [0.25, 0.3) is 0 Å². The van der Waals surface area contributed by atoms with Crippen LogP contribution in [0.5, 0.6) is 0 Å². The van der Waals surface area contributed by atoms with Crippen molar-refractivity contribution in [1.29, 1.82) is 0 Å². The summed E-state index contributed by atoms with van der Waals surface area (Å²) in [4.78, 5) is 15.4. The minimum atomic E-state index is -0.669. The van der Waals surface area contributed by atoms with Gasteiger partial charge >= 0.3 is 0 Å². The number of rotatable bonds is 7. The van der Waals surface area contributed by atoms with Crippen molar-refractivity contribution in [2.45, 2.75) is 18.7 Å². The molecule has 7 heteroatoms. The van der Waals surface area contributed by atoms with E-state index in [0.29, 0.717) is 13.1 Å². The molecule has 1 heterocycles. The number of nitrogens with zero attached hydrogens (tertiary/aromatic N) is 2. The number of benzene rings is 1. The number of halogens is 1. The predicted molar refractivity (Wildman–Crippen MR) is 89.1 cm³/mol. The summed E-state index contributed by atoms with van der Waals surface area (Å²) in [5.74, 6) is -0.214. The number of amides is 1. The van der Waals surface area contributed by atoms with E-state index in [2.05, 4.69) is 4.90 Å². The first-order valence-corrected chi connectivity index (χ1v) is 8.13. The van der Waals surface area contributed by atoms with Crippen LogP contribution in [0.15, 0.2) is 24.3 Å². The minimum Gasteiger partial charge on any atom is -0.387 e. The highest BCUT2D eigenvalue weighted by Crippen LogP contribution is 2.21. The molecule has 134 valence electrons. The fourth-order valence-corrected chi connectivity index (χ4v) is 2.97. The van der Waals surface area contributed by atoms with Crippen LogP contribution in [0.4, 0.5) is 4.39 Å². The lowest BCUT2D eigenvalue weighted by molar-refractivity contribution is -0.135. The zero-order valence-electron chi connectivity index (χ0n) is 14.0. The van der Waals surface area contributed by atoms with Crippen LogP contribution >= 0.6 is 0 Å². The van der Waals surface area contributed by atoms with Gasteiger partial charge in [0.05, 0.1) is 12.1 Å². The Morgan fingerprint density at radius 3 is 2.42 bits per heavy atom. The van der Waals surface area contributed by atoms with Gasteiger partial charge in [-0.1, -0.05) is 24.3 Å². The van der Waals surface area contributed by atoms with Crippen LogP contribution in [0.3, 0.4) is 0 Å². The van der Waals surface area contributed by atoms with Crippen molar-refractivity contribution >= 4 is 5.91 Å². The molecule has 1 amide bonds. The standard InChI is InChI=1S/C17H26FN3O3/c1-24-17(15(19)10-18)14-4-2-13(3-5-14)11-20-6-8-21(9-7-20)16(23)12-22/h2-5,15,17,22H,6-12,19H2,1H3. The Morgan fingerprint density at radius 1 is 1.29 bits per heavy atom. The Bertz CT molecular complexity index is 518. The summed E-state index contributed by atoms with van der Waals surface area (Å²) >= 11 is 0. The summed E-state index contributed by atoms with van der Waals surface area (Å²) in [5.41, 5.74) is 7.75. The molecule has 1 aliphatic rings. The molecule has 2 unspecified atom stereocenters. The maximum Gasteiger partial charge on any atom is 0.248 e. The van der Waals surface area contributed by atoms with E-state index in [4.69, 9.17) is 15.6 Å². The van der Waals surface area contributed by atoms with E-state index in [1.165, 1.54) is 7.11 Å². The smallest absolute Gasteiger partial charge is 0.248 e. The zero-order chi connectivity index (χ0) is 17.5. The lowest BCUT2D eigenvalue weighted by Crippen LogP contribution is -2.49. The summed E-state index contributed by atoms with van der Waals surface area (Å²) in [6.07, 6.45) is -0.447. The Labute approximate surface area is 142 Å². The van der Waals surface area contributed by atoms with Gasteiger partial charge in [0.1, 0.15) is 13.3 Å². The van der Waals surface area contributed by atoms with Crippen molar-refractivity contribution in [2.24, 2.45) is 5.73 Å². The molecular weight excluding hydrogens is 313 g/mol. The number of piperazine rings is 1. The molecule has 1 aromatic carbocycles. The molecule has 24 heavy (non-hydrogen) atoms. The number of ether oxygens (including phenoxy) is 1. The lowest BCUT2D eigenvalue weighted by atomic mass is 10.0. The van der Waals surface area contributed by atoms with Crippen molar-refractivity contribution in [3.63, 3.8) is 0 Å². The van der Waals surface area contributed by atoms with Crippen molar-refractivity contribution in [2.75, 3.05) is 46.6 Å². The van der Waals surface area contributed by atoms with E-state index < -0.39 is 25.4 Å². The topological polar surface area (TPSA) is 79.0 Å². The molecule has 3 N–H and O–H groups in total. The summed E-state index contributed by atoms with van der Waals surface area (Å²) in [7, 11) is 1.53. The van der Waals surface area contributed by atoms with Crippen LogP contribution in [-0.4, -0.2) is 73.4 Å². The third-order valence-electron chi connectivity index (χ3n) is 4.40. The number of alkyl halides is 1. The Balaban J connectivity index is 1.89. The fourth-order valence-electron chi connectivity index (χ4n) is 2.97. The molecule has 2 rings (SSSR count). The second-order valence-corrected chi connectivity index (χ2v) is 6.03. The van der Waals surface area contributed by atoms with Gasteiger partial charge in [-0.25, -0.2) is 4.39 Å². The van der Waals surface area contributed by atoms with E-state index in [9.17, 15) is 9.18 Å². The number of methoxy groups -OCH3 is 1. The van der Waals surface area contributed by atoms with Gasteiger partial charge in [0.2, 0.25) is 5.91 Å². The van der Waals surface area contributed by atoms with E-state index in [-0.39, 0.29) is 5.91 Å². The summed E-state index contributed by atoms with van der Waals surface area (Å²) in [6.45, 7) is 2.56. The largest absolute Gasteiger partial charge is 0.387 e. The molecule has 0 radical (unpaired) electrons. The van der Waals surface area contributed by atoms with Gasteiger partial charge in [-0.2, -0.15) is 0 Å². The second kappa shape index (κ2) is 9.08. The van der Waals surface area contributed by atoms with Crippen LogP contribution < -0.4 is 5.73 Å². The highest BCUT2D eigenvalue weighted by molar-refractivity contribution is 5.77. The number of hydrogen-bond donors (Lipinski definition) is 2. The Hall–Kier alpha value is -1.54. The molecule has 1 saturated heterocycles. The van der Waals surface area contributed by atoms with Gasteiger partial charge in [-0.05, 0) is 11.1 Å². The maximum atomic E-state index is 12.8. The average Bonchev–Trinajstić information content (AvgIpc) is 2.63. The van der Waals surface area contributed by atoms with Crippen LogP contribution in [0.1, 0.15) is 17.2 Å². The fraction of sp³-hybridized carbons (Fsp3) is 0.588. The van der Waals surface area contributed by atoms with E-state index in [0.717, 1.165) is 30.8 Å². The first-order valence-electron chi connectivity index (χ1n) is 8.13. The highest BCUT2D eigenvalue weighted by atomic mass is 19.1. The quantitative estimate of drug-likeness (QED) is 0.747. The van der Waals surface area contributed by atoms with Crippen molar-refractivity contribution < 1.29 is 19.0 Å². The molecule has 1 aliphatic heterocycles. The van der Waals surface area contributed by atoms with Gasteiger partial charge < -0.3 is 20.5 Å². The normalized spacial score (nSPS) is 18.4. The van der Waals surface area contributed by atoms with Gasteiger partial charge in [-0.15, -0.1) is 0 Å². The van der Waals surface area contributed by atoms with Gasteiger partial charge in [0.15, 0.2) is 0 Å². The third-order valence-corrected chi connectivity index (χ3v) is 4.40. The highest BCUT2D eigenvalue weighted by Gasteiger charge is 2.21. The molecule has 0 bridgehead atoms. The van der Waals surface area contributed by atoms with Crippen LogP contribution in [-0.2, 0) is 16.1 Å². The number of aliphatic hydroxyl groups is 1. The maximum absolute atomic E-state index is 12.8. The van der Waals surface area contributed by atoms with Crippen LogP contribution in [0, 0.1) is 0 Å². The molecule has 2 atom stereocenters. The van der Waals surface area contributed by atoms with E-state index in [1.54, 1.807) is 4.90 Å². The molecule has 1 fully saturated rings. The number of carbonyl (C=O) groups is 1. The molecule has 0 aromatic heterocycles. The Kier molecular flexibility index (Phi) is 7.11. The monoisotopic (exact) mass is 339 g/mol. The lowest BCUT2D eigenvalue weighted by Gasteiger charge is -2.34. The number of nitrogens with two attached hydrogens (primary N) is 1. The molecule has 6 nitrogen and oxygen atoms in total. The average molecular weight is 339 g/mol. The SMILES string of the molecule is COC(c1ccc(CN2CCN(C(=O)CO)CC2)cc1)C(N)CF. The second-order valence-electron chi connectivity index (χ2n) is 6.03. The number of hydrogen-bond acceptors (Lipinski definition) is 5. The van der Waals surface area contributed by atoms with Crippen molar-refractivity contribution in [3.05, 3.63) is 35.4 Å². The first-order chi connectivity index (χ1) is 11.6. The van der Waals surface area contributed by atoms with Gasteiger partial charge in [0, 0.05) is 39.8 Å². The number of aliphatic hydroxyl groups excluding tert-OH is 1.